The van der Waals surface area contributed by atoms with Crippen LogP contribution in [-0.4, -0.2) is 38.9 Å². The summed E-state index contributed by atoms with van der Waals surface area (Å²) in [6.45, 7) is -0.460. The third kappa shape index (κ3) is 5.04. The van der Waals surface area contributed by atoms with Gasteiger partial charge in [0, 0.05) is 10.4 Å². The minimum absolute atomic E-state index is 0.0603. The third-order valence-corrected chi connectivity index (χ3v) is 6.08. The van der Waals surface area contributed by atoms with Crippen LogP contribution in [0.3, 0.4) is 0 Å². The molecule has 0 radical (unpaired) electrons. The maximum atomic E-state index is 13.7. The van der Waals surface area contributed by atoms with E-state index in [1.54, 1.807) is 24.4 Å². The first kappa shape index (κ1) is 22.9. The number of carboxylic acid groups (broad SMARTS) is 1. The predicted molar refractivity (Wildman–Crippen MR) is 119 cm³/mol. The van der Waals surface area contributed by atoms with Crippen molar-refractivity contribution in [3.63, 3.8) is 0 Å². The number of hydrogen-bond donors (Lipinski definition) is 3. The van der Waals surface area contributed by atoms with Crippen molar-refractivity contribution in [3.8, 4) is 0 Å². The average molecular weight is 495 g/mol. The average Bonchev–Trinajstić information content (AvgIpc) is 3.36. The minimum atomic E-state index is -4.65. The molecule has 3 aromatic rings. The largest absolute Gasteiger partial charge is 0.480 e. The fraction of sp³-hybridized carbons (Fsp3) is 0.143. The van der Waals surface area contributed by atoms with E-state index in [9.17, 15) is 22.8 Å². The lowest BCUT2D eigenvalue weighted by Gasteiger charge is -2.16. The summed E-state index contributed by atoms with van der Waals surface area (Å²) in [6.07, 6.45) is -3.32. The summed E-state index contributed by atoms with van der Waals surface area (Å²) < 4.78 is 41.1. The van der Waals surface area contributed by atoms with Crippen molar-refractivity contribution in [2.75, 3.05) is 6.54 Å². The van der Waals surface area contributed by atoms with E-state index < -0.39 is 30.2 Å². The number of carbonyl (C=O) groups excluding carboxylic acids is 1. The van der Waals surface area contributed by atoms with Gasteiger partial charge in [-0.25, -0.2) is 0 Å². The second-order valence-electron chi connectivity index (χ2n) is 7.03. The number of rotatable bonds is 5. The molecule has 0 aliphatic carbocycles. The van der Waals surface area contributed by atoms with E-state index in [0.29, 0.717) is 16.5 Å². The van der Waals surface area contributed by atoms with Crippen molar-refractivity contribution in [2.24, 2.45) is 4.99 Å². The van der Waals surface area contributed by atoms with Crippen LogP contribution in [0.1, 0.15) is 16.7 Å². The number of halogens is 4. The molecule has 170 valence electrons. The maximum absolute atomic E-state index is 13.7. The van der Waals surface area contributed by atoms with Crippen LogP contribution in [0.4, 0.5) is 13.2 Å². The number of benzene rings is 2. The SMILES string of the molecule is O=C(O)CNC1=NC(=O)C(=C(Cc2ccc(Cl)cc2C(F)(F)F)c2ccc3[nH]ncc3c2)S1. The van der Waals surface area contributed by atoms with Crippen LogP contribution in [0.25, 0.3) is 16.5 Å². The molecule has 0 atom stereocenters. The summed E-state index contributed by atoms with van der Waals surface area (Å²) in [5.74, 6) is -1.82. The lowest BCUT2D eigenvalue weighted by atomic mass is 9.93. The Labute approximate surface area is 193 Å². The van der Waals surface area contributed by atoms with Crippen LogP contribution in [0.5, 0.6) is 0 Å². The van der Waals surface area contributed by atoms with Gasteiger partial charge < -0.3 is 10.4 Å². The zero-order valence-electron chi connectivity index (χ0n) is 16.5. The van der Waals surface area contributed by atoms with Gasteiger partial charge in [0.2, 0.25) is 0 Å². The topological polar surface area (TPSA) is 107 Å². The van der Waals surface area contributed by atoms with E-state index in [2.05, 4.69) is 20.5 Å². The number of amides is 1. The molecule has 7 nitrogen and oxygen atoms in total. The molecule has 1 aliphatic rings. The monoisotopic (exact) mass is 494 g/mol. The molecular formula is C21H14ClF3N4O3S. The van der Waals surface area contributed by atoms with E-state index in [0.717, 1.165) is 23.3 Å². The van der Waals surface area contributed by atoms with Gasteiger partial charge in [0.1, 0.15) is 6.54 Å². The Morgan fingerprint density at radius 1 is 1.21 bits per heavy atom. The number of thioether (sulfide) groups is 1. The molecular weight excluding hydrogens is 481 g/mol. The first-order valence-electron chi connectivity index (χ1n) is 9.40. The molecule has 2 aromatic carbocycles. The van der Waals surface area contributed by atoms with Crippen LogP contribution in [0.15, 0.2) is 52.5 Å². The molecule has 0 bridgehead atoms. The quantitative estimate of drug-likeness (QED) is 0.451. The van der Waals surface area contributed by atoms with Gasteiger partial charge in [0.05, 0.1) is 22.2 Å². The number of nitrogens with zero attached hydrogens (tertiary/aromatic N) is 2. The Hall–Kier alpha value is -3.31. The van der Waals surface area contributed by atoms with Crippen LogP contribution >= 0.6 is 23.4 Å². The molecule has 33 heavy (non-hydrogen) atoms. The summed E-state index contributed by atoms with van der Waals surface area (Å²) >= 11 is 6.69. The highest BCUT2D eigenvalue weighted by atomic mass is 35.5. The van der Waals surface area contributed by atoms with Crippen molar-refractivity contribution < 1.29 is 27.9 Å². The molecule has 12 heteroatoms. The number of fused-ring (bicyclic) bond motifs is 1. The molecule has 0 unspecified atom stereocenters. The Balaban J connectivity index is 1.81. The van der Waals surface area contributed by atoms with E-state index in [1.807, 2.05) is 0 Å². The highest BCUT2D eigenvalue weighted by Crippen LogP contribution is 2.39. The zero-order chi connectivity index (χ0) is 23.8. The van der Waals surface area contributed by atoms with Gasteiger partial charge in [0.25, 0.3) is 5.91 Å². The van der Waals surface area contributed by atoms with Crippen molar-refractivity contribution >= 4 is 56.9 Å². The Morgan fingerprint density at radius 3 is 2.73 bits per heavy atom. The van der Waals surface area contributed by atoms with Gasteiger partial charge >= 0.3 is 12.1 Å². The normalized spacial score (nSPS) is 15.6. The lowest BCUT2D eigenvalue weighted by molar-refractivity contribution is -0.138. The molecule has 2 heterocycles. The Morgan fingerprint density at radius 2 is 2.00 bits per heavy atom. The van der Waals surface area contributed by atoms with Gasteiger partial charge in [-0.05, 0) is 59.1 Å². The number of aromatic nitrogens is 2. The summed E-state index contributed by atoms with van der Waals surface area (Å²) in [7, 11) is 0. The molecule has 4 rings (SSSR count). The molecule has 1 aliphatic heterocycles. The molecule has 0 spiro atoms. The number of carboxylic acids is 1. The molecule has 0 fully saturated rings. The minimum Gasteiger partial charge on any atom is -0.480 e. The van der Waals surface area contributed by atoms with E-state index in [-0.39, 0.29) is 27.1 Å². The number of carbonyl (C=O) groups is 2. The third-order valence-electron chi connectivity index (χ3n) is 4.79. The van der Waals surface area contributed by atoms with E-state index >= 15 is 0 Å². The predicted octanol–water partition coefficient (Wildman–Crippen LogP) is 4.49. The van der Waals surface area contributed by atoms with Crippen molar-refractivity contribution in [1.82, 2.24) is 15.5 Å². The number of hydrogen-bond acceptors (Lipinski definition) is 5. The smallest absolute Gasteiger partial charge is 0.416 e. The first-order chi connectivity index (χ1) is 15.6. The second kappa shape index (κ2) is 8.91. The number of allylic oxidation sites excluding steroid dienone is 1. The fourth-order valence-corrected chi connectivity index (χ4v) is 4.41. The van der Waals surface area contributed by atoms with E-state index in [1.165, 1.54) is 12.1 Å². The summed E-state index contributed by atoms with van der Waals surface area (Å²) in [4.78, 5) is 27.4. The van der Waals surface area contributed by atoms with Crippen LogP contribution in [-0.2, 0) is 22.2 Å². The molecule has 1 amide bonds. The molecule has 1 aromatic heterocycles. The van der Waals surface area contributed by atoms with Gasteiger partial charge in [-0.2, -0.15) is 23.3 Å². The van der Waals surface area contributed by atoms with Crippen molar-refractivity contribution in [1.29, 1.82) is 0 Å². The van der Waals surface area contributed by atoms with E-state index in [4.69, 9.17) is 16.7 Å². The highest BCUT2D eigenvalue weighted by molar-refractivity contribution is 8.18. The van der Waals surface area contributed by atoms with Gasteiger partial charge in [-0.3, -0.25) is 14.7 Å². The summed E-state index contributed by atoms with van der Waals surface area (Å²) in [5.41, 5.74) is 0.575. The molecule has 0 saturated heterocycles. The van der Waals surface area contributed by atoms with Crippen LogP contribution in [0, 0.1) is 0 Å². The number of nitrogens with one attached hydrogen (secondary N) is 2. The number of H-pyrrole nitrogens is 1. The van der Waals surface area contributed by atoms with Gasteiger partial charge in [-0.1, -0.05) is 23.7 Å². The number of aromatic amines is 1. The number of aliphatic imine (C=N–C) groups is 1. The second-order valence-corrected chi connectivity index (χ2v) is 8.46. The Kier molecular flexibility index (Phi) is 6.17. The number of aliphatic carboxylic acids is 1. The fourth-order valence-electron chi connectivity index (χ4n) is 3.32. The Bertz CT molecular complexity index is 1330. The summed E-state index contributed by atoms with van der Waals surface area (Å²) in [6, 6.07) is 8.56. The first-order valence-corrected chi connectivity index (χ1v) is 10.6. The highest BCUT2D eigenvalue weighted by Gasteiger charge is 2.35. The van der Waals surface area contributed by atoms with Crippen LogP contribution in [0.2, 0.25) is 5.02 Å². The van der Waals surface area contributed by atoms with Gasteiger partial charge in [0.15, 0.2) is 5.17 Å². The van der Waals surface area contributed by atoms with Crippen molar-refractivity contribution in [3.05, 3.63) is 69.2 Å². The van der Waals surface area contributed by atoms with Crippen LogP contribution < -0.4 is 5.32 Å². The maximum Gasteiger partial charge on any atom is 0.416 e. The van der Waals surface area contributed by atoms with Gasteiger partial charge in [-0.15, -0.1) is 0 Å². The number of alkyl halides is 3. The zero-order valence-corrected chi connectivity index (χ0v) is 18.1. The standard InChI is InChI=1S/C21H14ClF3N4O3S/c22-13-3-1-11(15(7-13)21(23,24)25)6-14(10-2-4-16-12(5-10)8-27-29-16)18-19(32)28-20(33-18)26-9-17(30)31/h1-5,7-8H,6,9H2,(H,27,29)(H,30,31)(H,26,28,32). The number of amidine groups is 1. The lowest BCUT2D eigenvalue weighted by Crippen LogP contribution is -2.26. The summed E-state index contributed by atoms with van der Waals surface area (Å²) in [5, 5.41) is 18.8. The molecule has 3 N–H and O–H groups in total. The van der Waals surface area contributed by atoms with Crippen molar-refractivity contribution in [2.45, 2.75) is 12.6 Å². The molecule has 0 saturated carbocycles.